The number of aliphatic imine (C=N–C) groups is 1. The zero-order valence-corrected chi connectivity index (χ0v) is 14.6. The molecule has 0 radical (unpaired) electrons. The molecule has 0 saturated carbocycles. The van der Waals surface area contributed by atoms with Crippen LogP contribution in [0.2, 0.25) is 5.02 Å². The molecule has 0 bridgehead atoms. The zero-order chi connectivity index (χ0) is 14.1. The fraction of sp³-hybridized carbons (Fsp3) is 0.385. The first-order chi connectivity index (χ1) is 9.15. The van der Waals surface area contributed by atoms with Crippen LogP contribution in [0.1, 0.15) is 12.0 Å². The molecule has 0 atom stereocenters. The number of methoxy groups -OCH3 is 1. The Kier molecular flexibility index (Phi) is 10.2. The van der Waals surface area contributed by atoms with E-state index in [0.29, 0.717) is 30.5 Å². The zero-order valence-electron chi connectivity index (χ0n) is 11.5. The summed E-state index contributed by atoms with van der Waals surface area (Å²) in [6.45, 7) is 1.08. The van der Waals surface area contributed by atoms with Gasteiger partial charge in [0.05, 0.1) is 13.5 Å². The standard InChI is InChI=1S/C13H18ClN3O2.HI/c1-15-13(16-7-6-12(18)19-2)17-9-10-4-3-5-11(14)8-10;/h3-5,8H,6-7,9H2,1-2H3,(H2,15,16,17);1H. The summed E-state index contributed by atoms with van der Waals surface area (Å²) < 4.78 is 4.55. The molecule has 0 amide bonds. The van der Waals surface area contributed by atoms with E-state index in [0.717, 1.165) is 5.56 Å². The molecule has 0 aliphatic carbocycles. The van der Waals surface area contributed by atoms with Crippen molar-refractivity contribution < 1.29 is 9.53 Å². The minimum absolute atomic E-state index is 0. The van der Waals surface area contributed by atoms with Gasteiger partial charge in [0.1, 0.15) is 0 Å². The number of esters is 1. The number of guanidine groups is 1. The summed E-state index contributed by atoms with van der Waals surface area (Å²) in [5.74, 6) is 0.377. The number of carbonyl (C=O) groups is 1. The van der Waals surface area contributed by atoms with Crippen molar-refractivity contribution in [1.29, 1.82) is 0 Å². The summed E-state index contributed by atoms with van der Waals surface area (Å²) in [7, 11) is 3.04. The van der Waals surface area contributed by atoms with Crippen LogP contribution in [0.15, 0.2) is 29.3 Å². The highest BCUT2D eigenvalue weighted by Gasteiger charge is 2.02. The summed E-state index contributed by atoms with van der Waals surface area (Å²) in [6, 6.07) is 7.58. The summed E-state index contributed by atoms with van der Waals surface area (Å²) in [4.78, 5) is 15.0. The van der Waals surface area contributed by atoms with Crippen molar-refractivity contribution in [1.82, 2.24) is 10.6 Å². The smallest absolute Gasteiger partial charge is 0.307 e. The maximum atomic E-state index is 11.0. The first-order valence-electron chi connectivity index (χ1n) is 5.91. The lowest BCUT2D eigenvalue weighted by Crippen LogP contribution is -2.37. The molecule has 2 N–H and O–H groups in total. The van der Waals surface area contributed by atoms with E-state index < -0.39 is 0 Å². The fourth-order valence-electron chi connectivity index (χ4n) is 1.44. The molecule has 0 aliphatic rings. The molecule has 1 aromatic rings. The largest absolute Gasteiger partial charge is 0.469 e. The molecule has 0 aromatic heterocycles. The Balaban J connectivity index is 0.00000361. The SMILES string of the molecule is CN=C(NCCC(=O)OC)NCc1cccc(Cl)c1.I. The number of hydrogen-bond acceptors (Lipinski definition) is 3. The van der Waals surface area contributed by atoms with Crippen LogP contribution in [0, 0.1) is 0 Å². The molecule has 20 heavy (non-hydrogen) atoms. The topological polar surface area (TPSA) is 62.7 Å². The Labute approximate surface area is 141 Å². The molecule has 1 aromatic carbocycles. The van der Waals surface area contributed by atoms with E-state index in [1.807, 2.05) is 24.3 Å². The van der Waals surface area contributed by atoms with Gasteiger partial charge in [0.25, 0.3) is 0 Å². The van der Waals surface area contributed by atoms with Crippen LogP contribution in [0.4, 0.5) is 0 Å². The van der Waals surface area contributed by atoms with Crippen LogP contribution in [0.3, 0.4) is 0 Å². The van der Waals surface area contributed by atoms with Crippen molar-refractivity contribution in [3.05, 3.63) is 34.9 Å². The van der Waals surface area contributed by atoms with Crippen molar-refractivity contribution in [3.8, 4) is 0 Å². The third-order valence-electron chi connectivity index (χ3n) is 2.42. The van der Waals surface area contributed by atoms with Gasteiger partial charge in [0.2, 0.25) is 0 Å². The summed E-state index contributed by atoms with van der Waals surface area (Å²) in [5, 5.41) is 6.86. The maximum absolute atomic E-state index is 11.0. The minimum atomic E-state index is -0.252. The number of nitrogens with one attached hydrogen (secondary N) is 2. The van der Waals surface area contributed by atoms with Crippen LogP contribution in [-0.2, 0) is 16.1 Å². The number of hydrogen-bond donors (Lipinski definition) is 2. The Bertz CT molecular complexity index is 455. The van der Waals surface area contributed by atoms with Gasteiger partial charge in [-0.15, -0.1) is 24.0 Å². The fourth-order valence-corrected chi connectivity index (χ4v) is 1.65. The van der Waals surface area contributed by atoms with Crippen molar-refractivity contribution in [2.24, 2.45) is 4.99 Å². The van der Waals surface area contributed by atoms with Gasteiger partial charge in [-0.2, -0.15) is 0 Å². The molecule has 5 nitrogen and oxygen atoms in total. The van der Waals surface area contributed by atoms with Crippen molar-refractivity contribution in [2.45, 2.75) is 13.0 Å². The molecule has 0 saturated heterocycles. The van der Waals surface area contributed by atoms with Crippen molar-refractivity contribution in [3.63, 3.8) is 0 Å². The summed E-state index contributed by atoms with van der Waals surface area (Å²) in [6.07, 6.45) is 0.300. The second kappa shape index (κ2) is 10.7. The van der Waals surface area contributed by atoms with Crippen molar-refractivity contribution in [2.75, 3.05) is 20.7 Å². The average Bonchev–Trinajstić information content (AvgIpc) is 2.42. The third-order valence-corrected chi connectivity index (χ3v) is 2.66. The lowest BCUT2D eigenvalue weighted by atomic mass is 10.2. The molecular weight excluding hydrogens is 393 g/mol. The number of ether oxygens (including phenoxy) is 1. The molecule has 1 rings (SSSR count). The van der Waals surface area contributed by atoms with Gasteiger partial charge in [-0.05, 0) is 17.7 Å². The second-order valence-electron chi connectivity index (χ2n) is 3.81. The van der Waals surface area contributed by atoms with Gasteiger partial charge >= 0.3 is 5.97 Å². The van der Waals surface area contributed by atoms with E-state index in [-0.39, 0.29) is 29.9 Å². The lowest BCUT2D eigenvalue weighted by molar-refractivity contribution is -0.140. The highest BCUT2D eigenvalue weighted by atomic mass is 127. The molecular formula is C13H19ClIN3O2. The van der Waals surface area contributed by atoms with E-state index >= 15 is 0 Å². The lowest BCUT2D eigenvalue weighted by Gasteiger charge is -2.11. The second-order valence-corrected chi connectivity index (χ2v) is 4.25. The Morgan fingerprint density at radius 3 is 2.75 bits per heavy atom. The molecule has 7 heteroatoms. The summed E-state index contributed by atoms with van der Waals surface area (Å²) in [5.41, 5.74) is 1.06. The Hall–Kier alpha value is -1.02. The van der Waals surface area contributed by atoms with Crippen LogP contribution >= 0.6 is 35.6 Å². The van der Waals surface area contributed by atoms with Crippen LogP contribution in [0.5, 0.6) is 0 Å². The monoisotopic (exact) mass is 411 g/mol. The van der Waals surface area contributed by atoms with Gasteiger partial charge in [-0.25, -0.2) is 0 Å². The van der Waals surface area contributed by atoms with Gasteiger partial charge in [-0.1, -0.05) is 23.7 Å². The number of halogens is 2. The van der Waals surface area contributed by atoms with Crippen LogP contribution < -0.4 is 10.6 Å². The minimum Gasteiger partial charge on any atom is -0.469 e. The Morgan fingerprint density at radius 2 is 2.15 bits per heavy atom. The number of nitrogens with zero attached hydrogens (tertiary/aromatic N) is 1. The van der Waals surface area contributed by atoms with Gasteiger partial charge in [-0.3, -0.25) is 9.79 Å². The predicted octanol–water partition coefficient (Wildman–Crippen LogP) is 2.19. The molecule has 0 heterocycles. The van der Waals surface area contributed by atoms with E-state index in [2.05, 4.69) is 20.4 Å². The molecule has 112 valence electrons. The third kappa shape index (κ3) is 7.54. The maximum Gasteiger partial charge on any atom is 0.307 e. The van der Waals surface area contributed by atoms with Crippen LogP contribution in [0.25, 0.3) is 0 Å². The number of benzene rings is 1. The normalized spacial score (nSPS) is 10.4. The summed E-state index contributed by atoms with van der Waals surface area (Å²) >= 11 is 5.90. The van der Waals surface area contributed by atoms with Gasteiger partial charge in [0, 0.05) is 25.2 Å². The van der Waals surface area contributed by atoms with Crippen molar-refractivity contribution >= 4 is 47.5 Å². The van der Waals surface area contributed by atoms with E-state index in [4.69, 9.17) is 11.6 Å². The average molecular weight is 412 g/mol. The van der Waals surface area contributed by atoms with Gasteiger partial charge in [0.15, 0.2) is 5.96 Å². The first kappa shape index (κ1) is 19.0. The van der Waals surface area contributed by atoms with E-state index in [1.165, 1.54) is 7.11 Å². The molecule has 0 unspecified atom stereocenters. The van der Waals surface area contributed by atoms with E-state index in [9.17, 15) is 4.79 Å². The van der Waals surface area contributed by atoms with E-state index in [1.54, 1.807) is 7.05 Å². The highest BCUT2D eigenvalue weighted by molar-refractivity contribution is 14.0. The molecule has 0 aliphatic heterocycles. The quantitative estimate of drug-likeness (QED) is 0.337. The predicted molar refractivity (Wildman–Crippen MR) is 91.7 cm³/mol. The van der Waals surface area contributed by atoms with Crippen LogP contribution in [-0.4, -0.2) is 32.6 Å². The number of rotatable bonds is 5. The highest BCUT2D eigenvalue weighted by Crippen LogP contribution is 2.10. The number of carbonyl (C=O) groups excluding carboxylic acids is 1. The molecule has 0 fully saturated rings. The first-order valence-corrected chi connectivity index (χ1v) is 6.29. The Morgan fingerprint density at radius 1 is 1.40 bits per heavy atom. The molecule has 0 spiro atoms. The van der Waals surface area contributed by atoms with Gasteiger partial charge < -0.3 is 15.4 Å².